The molecule has 4 aromatic rings. The first kappa shape index (κ1) is 23.2. The van der Waals surface area contributed by atoms with Gasteiger partial charge in [-0.25, -0.2) is 13.9 Å². The topological polar surface area (TPSA) is 117 Å². The number of carbonyl (C=O) groups excluding carboxylic acids is 1. The van der Waals surface area contributed by atoms with Crippen LogP contribution in [0.5, 0.6) is 11.6 Å². The number of rotatable bonds is 7. The molecular formula is C27H27FN6O3. The van der Waals surface area contributed by atoms with Crippen LogP contribution in [0, 0.1) is 17.7 Å². The van der Waals surface area contributed by atoms with Crippen LogP contribution in [0.2, 0.25) is 0 Å². The van der Waals surface area contributed by atoms with Gasteiger partial charge in [0, 0.05) is 30.1 Å². The van der Waals surface area contributed by atoms with Crippen LogP contribution in [0.1, 0.15) is 41.6 Å². The summed E-state index contributed by atoms with van der Waals surface area (Å²) in [5, 5.41) is 6.89. The van der Waals surface area contributed by atoms with E-state index in [2.05, 4.69) is 20.4 Å². The van der Waals surface area contributed by atoms with Crippen molar-refractivity contribution in [2.45, 2.75) is 38.3 Å². The van der Waals surface area contributed by atoms with Gasteiger partial charge in [0.1, 0.15) is 23.2 Å². The molecule has 3 aromatic heterocycles. The van der Waals surface area contributed by atoms with Crippen LogP contribution in [-0.4, -0.2) is 38.7 Å². The van der Waals surface area contributed by atoms with Crippen molar-refractivity contribution in [2.24, 2.45) is 11.8 Å². The second kappa shape index (κ2) is 9.34. The summed E-state index contributed by atoms with van der Waals surface area (Å²) in [6, 6.07) is 10.1. The van der Waals surface area contributed by atoms with Crippen molar-refractivity contribution < 1.29 is 18.7 Å². The molecule has 3 unspecified atom stereocenters. The van der Waals surface area contributed by atoms with Crippen molar-refractivity contribution >= 4 is 17.5 Å². The summed E-state index contributed by atoms with van der Waals surface area (Å²) in [6.45, 7) is -0.0278. The Labute approximate surface area is 212 Å². The molecule has 1 aromatic carbocycles. The Hall–Kier alpha value is -4.21. The van der Waals surface area contributed by atoms with Gasteiger partial charge >= 0.3 is 0 Å². The monoisotopic (exact) mass is 502 g/mol. The van der Waals surface area contributed by atoms with E-state index in [-0.39, 0.29) is 30.0 Å². The number of halogens is 1. The largest absolute Gasteiger partial charge is 0.490 e. The van der Waals surface area contributed by atoms with Crippen LogP contribution in [0.25, 0.3) is 16.8 Å². The van der Waals surface area contributed by atoms with E-state index in [9.17, 15) is 9.18 Å². The van der Waals surface area contributed by atoms with Crippen LogP contribution in [0.4, 0.5) is 10.3 Å². The van der Waals surface area contributed by atoms with E-state index in [0.29, 0.717) is 34.4 Å². The van der Waals surface area contributed by atoms with Gasteiger partial charge in [-0.3, -0.25) is 4.79 Å². The quantitative estimate of drug-likeness (QED) is 0.392. The van der Waals surface area contributed by atoms with Crippen LogP contribution >= 0.6 is 0 Å². The summed E-state index contributed by atoms with van der Waals surface area (Å²) < 4.78 is 28.0. The molecule has 0 spiro atoms. The van der Waals surface area contributed by atoms with Crippen LogP contribution < -0.4 is 20.5 Å². The number of carbonyl (C=O) groups is 1. The van der Waals surface area contributed by atoms with Crippen LogP contribution in [0.3, 0.4) is 0 Å². The van der Waals surface area contributed by atoms with Crippen molar-refractivity contribution in [3.63, 3.8) is 0 Å². The zero-order valence-corrected chi connectivity index (χ0v) is 20.4. The van der Waals surface area contributed by atoms with E-state index in [0.717, 1.165) is 18.4 Å². The highest BCUT2D eigenvalue weighted by Crippen LogP contribution is 2.46. The van der Waals surface area contributed by atoms with Gasteiger partial charge in [0.2, 0.25) is 11.8 Å². The van der Waals surface area contributed by atoms with E-state index >= 15 is 0 Å². The first-order valence-corrected chi connectivity index (χ1v) is 12.4. The van der Waals surface area contributed by atoms with Gasteiger partial charge < -0.3 is 20.5 Å². The molecule has 3 N–H and O–H groups in total. The fraction of sp³-hybridized carbons (Fsp3) is 0.333. The third-order valence-electron chi connectivity index (χ3n) is 7.43. The zero-order chi connectivity index (χ0) is 25.5. The van der Waals surface area contributed by atoms with Gasteiger partial charge in [0.05, 0.1) is 7.11 Å². The Morgan fingerprint density at radius 1 is 1.22 bits per heavy atom. The molecule has 0 saturated heterocycles. The number of nitrogen functional groups attached to an aromatic ring is 1. The van der Waals surface area contributed by atoms with E-state index in [1.807, 2.05) is 6.07 Å². The number of pyridine rings is 2. The van der Waals surface area contributed by atoms with Crippen LogP contribution in [0.15, 0.2) is 48.8 Å². The summed E-state index contributed by atoms with van der Waals surface area (Å²) in [5.74, 6) is 1.21. The molecule has 1 amide bonds. The number of nitrogens with zero attached hydrogens (tertiary/aromatic N) is 4. The number of hydrogen-bond acceptors (Lipinski definition) is 7. The third-order valence-corrected chi connectivity index (χ3v) is 7.43. The fourth-order valence-corrected chi connectivity index (χ4v) is 5.59. The molecule has 2 saturated carbocycles. The lowest BCUT2D eigenvalue weighted by Crippen LogP contribution is -2.27. The second-order valence-electron chi connectivity index (χ2n) is 9.70. The number of methoxy groups -OCH3 is 1. The van der Waals surface area contributed by atoms with Crippen molar-refractivity contribution in [1.29, 1.82) is 0 Å². The number of aromatic nitrogens is 4. The van der Waals surface area contributed by atoms with Gasteiger partial charge in [0.25, 0.3) is 5.91 Å². The minimum Gasteiger partial charge on any atom is -0.490 e. The first-order valence-electron chi connectivity index (χ1n) is 12.4. The lowest BCUT2D eigenvalue weighted by atomic mass is 9.97. The molecule has 9 nitrogen and oxygen atoms in total. The average molecular weight is 503 g/mol. The first-order chi connectivity index (χ1) is 18.0. The summed E-state index contributed by atoms with van der Waals surface area (Å²) in [4.78, 5) is 21.7. The summed E-state index contributed by atoms with van der Waals surface area (Å²) in [5.41, 5.74) is 8.27. The molecular weight excluding hydrogens is 475 g/mol. The van der Waals surface area contributed by atoms with Crippen molar-refractivity contribution in [3.8, 4) is 22.8 Å². The molecule has 3 atom stereocenters. The maximum Gasteiger partial charge on any atom is 0.257 e. The maximum atomic E-state index is 14.8. The number of fused-ring (bicyclic) bond motifs is 3. The van der Waals surface area contributed by atoms with E-state index < -0.39 is 11.7 Å². The Morgan fingerprint density at radius 2 is 2.11 bits per heavy atom. The predicted molar refractivity (Wildman–Crippen MR) is 135 cm³/mol. The van der Waals surface area contributed by atoms with Crippen molar-refractivity contribution in [1.82, 2.24) is 24.9 Å². The lowest BCUT2D eigenvalue weighted by molar-refractivity contribution is 0.0945. The maximum absolute atomic E-state index is 14.8. The van der Waals surface area contributed by atoms with Crippen molar-refractivity contribution in [2.75, 3.05) is 12.8 Å². The fourth-order valence-electron chi connectivity index (χ4n) is 5.59. The van der Waals surface area contributed by atoms with Gasteiger partial charge in [-0.05, 0) is 73.4 Å². The van der Waals surface area contributed by atoms with E-state index in [1.165, 1.54) is 26.0 Å². The second-order valence-corrected chi connectivity index (χ2v) is 9.70. The molecule has 190 valence electrons. The molecule has 2 bridgehead atoms. The molecule has 2 fully saturated rings. The molecule has 2 aliphatic rings. The molecule has 10 heteroatoms. The Morgan fingerprint density at radius 3 is 2.89 bits per heavy atom. The highest BCUT2D eigenvalue weighted by Gasteiger charge is 2.41. The Bertz CT molecular complexity index is 1490. The molecule has 0 aliphatic heterocycles. The number of benzene rings is 1. The lowest BCUT2D eigenvalue weighted by Gasteiger charge is -2.24. The minimum absolute atomic E-state index is 0.0278. The van der Waals surface area contributed by atoms with E-state index in [1.54, 1.807) is 41.2 Å². The highest BCUT2D eigenvalue weighted by molar-refractivity contribution is 5.97. The van der Waals surface area contributed by atoms with Gasteiger partial charge in [-0.2, -0.15) is 4.98 Å². The molecule has 0 radical (unpaired) electrons. The van der Waals surface area contributed by atoms with Crippen molar-refractivity contribution in [3.05, 3.63) is 65.7 Å². The molecule has 2 aliphatic carbocycles. The minimum atomic E-state index is -0.437. The Kier molecular flexibility index (Phi) is 5.86. The predicted octanol–water partition coefficient (Wildman–Crippen LogP) is 4.02. The molecule has 3 heterocycles. The van der Waals surface area contributed by atoms with Crippen LogP contribution in [-0.2, 0) is 6.54 Å². The smallest absolute Gasteiger partial charge is 0.257 e. The number of ether oxygens (including phenoxy) is 2. The normalized spacial score (nSPS) is 20.3. The standard InChI is InChI=1S/C27H27FN6O3/c1-36-26-19(11-18(13-31-26)16-7-8-34-24(12-16)32-27(29)33-34)25(35)30-14-20-21(28)3-2-4-22(20)37-23-10-15-5-6-17(23)9-15/h2-4,7-8,11-13,15,17,23H,5-6,9-10,14H2,1H3,(H2,29,33)(H,30,35). The highest BCUT2D eigenvalue weighted by atomic mass is 19.1. The summed E-state index contributed by atoms with van der Waals surface area (Å²) >= 11 is 0. The Balaban J connectivity index is 1.23. The SMILES string of the molecule is COc1ncc(-c2ccn3nc(N)nc3c2)cc1C(=O)NCc1c(F)cccc1OC1CC2CCC1C2. The molecule has 6 rings (SSSR count). The third kappa shape index (κ3) is 4.43. The summed E-state index contributed by atoms with van der Waals surface area (Å²) in [6.07, 6.45) is 8.06. The number of anilines is 1. The number of amides is 1. The summed E-state index contributed by atoms with van der Waals surface area (Å²) in [7, 11) is 1.45. The number of nitrogens with two attached hydrogens (primary N) is 1. The number of nitrogens with one attached hydrogen (secondary N) is 1. The average Bonchev–Trinajstić information content (AvgIpc) is 3.62. The number of hydrogen-bond donors (Lipinski definition) is 2. The molecule has 37 heavy (non-hydrogen) atoms. The van der Waals surface area contributed by atoms with Gasteiger partial charge in [0.15, 0.2) is 5.65 Å². The van der Waals surface area contributed by atoms with Gasteiger partial charge in [-0.1, -0.05) is 6.07 Å². The van der Waals surface area contributed by atoms with Gasteiger partial charge in [-0.15, -0.1) is 5.10 Å². The zero-order valence-electron chi connectivity index (χ0n) is 20.4. The van der Waals surface area contributed by atoms with E-state index in [4.69, 9.17) is 15.2 Å².